The normalized spacial score (nSPS) is 10.5. The van der Waals surface area contributed by atoms with Gasteiger partial charge in [0.15, 0.2) is 11.6 Å². The van der Waals surface area contributed by atoms with Crippen LogP contribution in [-0.4, -0.2) is 15.7 Å². The number of ether oxygens (including phenoxy) is 1. The van der Waals surface area contributed by atoms with Crippen molar-refractivity contribution < 1.29 is 13.9 Å². The van der Waals surface area contributed by atoms with Gasteiger partial charge in [-0.25, -0.2) is 13.9 Å². The summed E-state index contributed by atoms with van der Waals surface area (Å²) in [7, 11) is 1.44. The van der Waals surface area contributed by atoms with Crippen LogP contribution in [0.1, 0.15) is 27.2 Å². The summed E-state index contributed by atoms with van der Waals surface area (Å²) in [6.45, 7) is 5.03. The van der Waals surface area contributed by atoms with Crippen molar-refractivity contribution >= 4 is 5.97 Å². The topological polar surface area (TPSA) is 61.2 Å². The van der Waals surface area contributed by atoms with Crippen LogP contribution in [0.4, 0.5) is 4.39 Å². The number of benzene rings is 1. The Morgan fingerprint density at radius 3 is 2.62 bits per heavy atom. The molecule has 2 aromatic rings. The van der Waals surface area contributed by atoms with E-state index in [1.807, 2.05) is 0 Å². The smallest absolute Gasteiger partial charge is 0.349 e. The van der Waals surface area contributed by atoms with Crippen molar-refractivity contribution in [3.8, 4) is 5.75 Å². The predicted octanol–water partition coefficient (Wildman–Crippen LogP) is 2.06. The number of carbonyl (C=O) groups excluding carboxylic acids is 1. The van der Waals surface area contributed by atoms with Crippen molar-refractivity contribution in [2.45, 2.75) is 20.8 Å². The van der Waals surface area contributed by atoms with Crippen molar-refractivity contribution in [3.63, 3.8) is 0 Å². The molecule has 0 amide bonds. The number of hydrogen-bond donors (Lipinski definition) is 0. The van der Waals surface area contributed by atoms with Crippen LogP contribution < -0.4 is 10.3 Å². The van der Waals surface area contributed by atoms with E-state index in [1.54, 1.807) is 26.8 Å². The molecule has 110 valence electrons. The number of hydrogen-bond acceptors (Lipinski definition) is 4. The molecule has 0 saturated heterocycles. The molecule has 2 rings (SSSR count). The fraction of sp³-hybridized carbons (Fsp3) is 0.267. The molecule has 0 bridgehead atoms. The van der Waals surface area contributed by atoms with Crippen LogP contribution >= 0.6 is 0 Å². The summed E-state index contributed by atoms with van der Waals surface area (Å²) < 4.78 is 19.7. The minimum atomic E-state index is -0.886. The highest BCUT2D eigenvalue weighted by molar-refractivity contribution is 5.92. The fourth-order valence-corrected chi connectivity index (χ4v) is 1.93. The maximum atomic E-state index is 13.6. The SMILES string of the molecule is Cc1ccc(F)c(OC(=O)c2c(C)c(C)nn(C)c2=O)c1. The Morgan fingerprint density at radius 1 is 1.29 bits per heavy atom. The van der Waals surface area contributed by atoms with E-state index >= 15 is 0 Å². The van der Waals surface area contributed by atoms with Crippen LogP contribution in [0.25, 0.3) is 0 Å². The molecular formula is C15H15FN2O3. The molecule has 6 heteroatoms. The van der Waals surface area contributed by atoms with Crippen LogP contribution in [-0.2, 0) is 7.05 Å². The monoisotopic (exact) mass is 290 g/mol. The van der Waals surface area contributed by atoms with Gasteiger partial charge in [-0.15, -0.1) is 0 Å². The Balaban J connectivity index is 2.47. The fourth-order valence-electron chi connectivity index (χ4n) is 1.93. The molecular weight excluding hydrogens is 275 g/mol. The molecule has 0 spiro atoms. The van der Waals surface area contributed by atoms with Gasteiger partial charge in [0.2, 0.25) is 0 Å². The Labute approximate surface area is 121 Å². The lowest BCUT2D eigenvalue weighted by atomic mass is 10.1. The summed E-state index contributed by atoms with van der Waals surface area (Å²) in [4.78, 5) is 24.2. The van der Waals surface area contributed by atoms with Gasteiger partial charge in [-0.2, -0.15) is 5.10 Å². The molecule has 1 aromatic carbocycles. The first kappa shape index (κ1) is 14.9. The number of aromatic nitrogens is 2. The van der Waals surface area contributed by atoms with Crippen LogP contribution in [0.3, 0.4) is 0 Å². The molecule has 21 heavy (non-hydrogen) atoms. The van der Waals surface area contributed by atoms with Crippen molar-refractivity contribution in [2.75, 3.05) is 0 Å². The average Bonchev–Trinajstić information content (AvgIpc) is 2.41. The third-order valence-corrected chi connectivity index (χ3v) is 3.22. The molecule has 0 aliphatic rings. The van der Waals surface area contributed by atoms with Crippen LogP contribution in [0, 0.1) is 26.6 Å². The second kappa shape index (κ2) is 5.47. The summed E-state index contributed by atoms with van der Waals surface area (Å²) in [6.07, 6.45) is 0. The van der Waals surface area contributed by atoms with Gasteiger partial charge >= 0.3 is 5.97 Å². The number of carbonyl (C=O) groups is 1. The number of nitrogens with zero attached hydrogens (tertiary/aromatic N) is 2. The molecule has 0 fully saturated rings. The molecule has 1 aromatic heterocycles. The lowest BCUT2D eigenvalue weighted by Gasteiger charge is -2.10. The van der Waals surface area contributed by atoms with Crippen molar-refractivity contribution in [2.24, 2.45) is 7.05 Å². The largest absolute Gasteiger partial charge is 0.420 e. The van der Waals surface area contributed by atoms with Gasteiger partial charge in [-0.05, 0) is 44.0 Å². The zero-order valence-electron chi connectivity index (χ0n) is 12.2. The predicted molar refractivity (Wildman–Crippen MR) is 75.0 cm³/mol. The molecule has 1 heterocycles. The lowest BCUT2D eigenvalue weighted by molar-refractivity contribution is 0.0724. The lowest BCUT2D eigenvalue weighted by Crippen LogP contribution is -2.31. The van der Waals surface area contributed by atoms with E-state index in [1.165, 1.54) is 19.2 Å². The van der Waals surface area contributed by atoms with E-state index in [2.05, 4.69) is 5.10 Å². The van der Waals surface area contributed by atoms with E-state index in [0.717, 1.165) is 10.2 Å². The zero-order valence-corrected chi connectivity index (χ0v) is 12.2. The number of esters is 1. The quantitative estimate of drug-likeness (QED) is 0.627. The Hall–Kier alpha value is -2.50. The van der Waals surface area contributed by atoms with Crippen LogP contribution in [0.15, 0.2) is 23.0 Å². The van der Waals surface area contributed by atoms with Gasteiger partial charge in [0.05, 0.1) is 5.69 Å². The van der Waals surface area contributed by atoms with Crippen LogP contribution in [0.2, 0.25) is 0 Å². The molecule has 5 nitrogen and oxygen atoms in total. The highest BCUT2D eigenvalue weighted by Gasteiger charge is 2.21. The van der Waals surface area contributed by atoms with E-state index in [4.69, 9.17) is 4.74 Å². The summed E-state index contributed by atoms with van der Waals surface area (Å²) in [5.74, 6) is -1.74. The van der Waals surface area contributed by atoms with Gasteiger partial charge in [-0.3, -0.25) is 4.79 Å². The van der Waals surface area contributed by atoms with E-state index in [0.29, 0.717) is 11.3 Å². The Bertz CT molecular complexity index is 781. The Morgan fingerprint density at radius 2 is 1.95 bits per heavy atom. The minimum absolute atomic E-state index is 0.133. The maximum Gasteiger partial charge on any atom is 0.349 e. The molecule has 0 atom stereocenters. The highest BCUT2D eigenvalue weighted by atomic mass is 19.1. The summed E-state index contributed by atoms with van der Waals surface area (Å²) in [5, 5.41) is 3.98. The maximum absolute atomic E-state index is 13.6. The van der Waals surface area contributed by atoms with Crippen molar-refractivity contribution in [3.05, 3.63) is 56.8 Å². The number of rotatable bonds is 2. The summed E-state index contributed by atoms with van der Waals surface area (Å²) in [5.41, 5.74) is 1.00. The molecule has 0 aliphatic heterocycles. The summed E-state index contributed by atoms with van der Waals surface area (Å²) in [6, 6.07) is 4.18. The molecule has 0 radical (unpaired) electrons. The summed E-state index contributed by atoms with van der Waals surface area (Å²) >= 11 is 0. The van der Waals surface area contributed by atoms with E-state index in [9.17, 15) is 14.0 Å². The Kier molecular flexibility index (Phi) is 3.88. The average molecular weight is 290 g/mol. The van der Waals surface area contributed by atoms with Crippen molar-refractivity contribution in [1.82, 2.24) is 9.78 Å². The number of halogens is 1. The minimum Gasteiger partial charge on any atom is -0.420 e. The van der Waals surface area contributed by atoms with Crippen LogP contribution in [0.5, 0.6) is 5.75 Å². The van der Waals surface area contributed by atoms with E-state index < -0.39 is 17.3 Å². The second-order valence-corrected chi connectivity index (χ2v) is 4.84. The third-order valence-electron chi connectivity index (χ3n) is 3.22. The zero-order chi connectivity index (χ0) is 15.7. The van der Waals surface area contributed by atoms with Gasteiger partial charge < -0.3 is 4.74 Å². The second-order valence-electron chi connectivity index (χ2n) is 4.84. The first-order chi connectivity index (χ1) is 9.81. The molecule has 0 N–H and O–H groups in total. The number of aryl methyl sites for hydroxylation is 3. The van der Waals surface area contributed by atoms with Gasteiger partial charge in [-0.1, -0.05) is 6.07 Å². The van der Waals surface area contributed by atoms with Crippen molar-refractivity contribution in [1.29, 1.82) is 0 Å². The first-order valence-electron chi connectivity index (χ1n) is 6.34. The van der Waals surface area contributed by atoms with Gasteiger partial charge in [0.1, 0.15) is 5.56 Å². The van der Waals surface area contributed by atoms with Gasteiger partial charge in [0, 0.05) is 7.05 Å². The van der Waals surface area contributed by atoms with E-state index in [-0.39, 0.29) is 11.3 Å². The molecule has 0 saturated carbocycles. The third kappa shape index (κ3) is 2.84. The van der Waals surface area contributed by atoms with Gasteiger partial charge in [0.25, 0.3) is 5.56 Å². The highest BCUT2D eigenvalue weighted by Crippen LogP contribution is 2.20. The first-order valence-corrected chi connectivity index (χ1v) is 6.34. The molecule has 0 aliphatic carbocycles. The standard InChI is InChI=1S/C15H15FN2O3/c1-8-5-6-11(16)12(7-8)21-15(20)13-9(2)10(3)17-18(4)14(13)19/h5-7H,1-4H3. The molecule has 0 unspecified atom stereocenters.